The molecule has 12 heteroatoms. The summed E-state index contributed by atoms with van der Waals surface area (Å²) in [4.78, 5) is 30.6. The third-order valence-electron chi connectivity index (χ3n) is 15.0. The number of fused-ring (bicyclic) bond motifs is 1. The Kier molecular flexibility index (Phi) is 9.74. The van der Waals surface area contributed by atoms with E-state index in [1.165, 1.54) is 35.2 Å². The van der Waals surface area contributed by atoms with E-state index in [1.807, 2.05) is 50.3 Å². The van der Waals surface area contributed by atoms with Crippen molar-refractivity contribution in [1.82, 2.24) is 10.2 Å². The molecule has 3 saturated carbocycles. The molecule has 2 spiro atoms. The van der Waals surface area contributed by atoms with Gasteiger partial charge in [0.2, 0.25) is 0 Å². The van der Waals surface area contributed by atoms with E-state index in [9.17, 15) is 41.8 Å². The van der Waals surface area contributed by atoms with Gasteiger partial charge >= 0.3 is 12.4 Å². The number of alkyl halides is 3. The lowest BCUT2D eigenvalue weighted by atomic mass is 9.32. The number of aliphatic hydroxyl groups excluding tert-OH is 1. The highest BCUT2D eigenvalue weighted by Gasteiger charge is 2.74. The maximum absolute atomic E-state index is 14.8. The molecule has 6 aliphatic rings. The third kappa shape index (κ3) is 6.36. The van der Waals surface area contributed by atoms with Crippen LogP contribution in [0.5, 0.6) is 5.75 Å². The van der Waals surface area contributed by atoms with Crippen molar-refractivity contribution < 1.29 is 46.5 Å². The average molecular weight is 805 g/mol. The first-order chi connectivity index (χ1) is 27.3. The van der Waals surface area contributed by atoms with Crippen molar-refractivity contribution >= 4 is 11.8 Å². The number of benzene rings is 3. The monoisotopic (exact) mass is 804 g/mol. The molecule has 0 saturated heterocycles. The van der Waals surface area contributed by atoms with Gasteiger partial charge in [0.05, 0.1) is 24.3 Å². The van der Waals surface area contributed by atoms with Gasteiger partial charge in [0.1, 0.15) is 5.75 Å². The zero-order chi connectivity index (χ0) is 41.5. The van der Waals surface area contributed by atoms with Crippen LogP contribution in [0.1, 0.15) is 93.2 Å². The molecule has 308 valence electrons. The molecule has 3 aromatic carbocycles. The van der Waals surface area contributed by atoms with Crippen molar-refractivity contribution in [3.8, 4) is 5.75 Å². The molecule has 3 fully saturated rings. The molecule has 0 heterocycles. The van der Waals surface area contributed by atoms with Crippen molar-refractivity contribution in [2.75, 3.05) is 6.54 Å². The Hall–Kier alpha value is -4.55. The summed E-state index contributed by atoms with van der Waals surface area (Å²) in [5.41, 5.74) is -2.28. The molecule has 2 bridgehead atoms. The van der Waals surface area contributed by atoms with Gasteiger partial charge in [-0.3, -0.25) is 4.79 Å². The number of carbonyl (C=O) groups excluding carboxylic acids is 2. The van der Waals surface area contributed by atoms with Crippen molar-refractivity contribution in [1.29, 1.82) is 0 Å². The largest absolute Gasteiger partial charge is 0.573 e. The normalized spacial score (nSPS) is 34.0. The van der Waals surface area contributed by atoms with E-state index in [0.717, 1.165) is 24.1 Å². The quantitative estimate of drug-likeness (QED) is 0.114. The number of hydrogen-bond acceptors (Lipinski definition) is 5. The number of Topliss-reactive ketones (excluding diaryl/α,β-unsaturated/α-hetero) is 1. The van der Waals surface area contributed by atoms with Gasteiger partial charge in [0, 0.05) is 33.9 Å². The first-order valence-electron chi connectivity index (χ1n) is 20.1. The summed E-state index contributed by atoms with van der Waals surface area (Å²) < 4.78 is 71.7. The number of halogens is 5. The zero-order valence-electron chi connectivity index (χ0n) is 32.8. The van der Waals surface area contributed by atoms with Crippen molar-refractivity contribution in [3.63, 3.8) is 0 Å². The Morgan fingerprint density at radius 2 is 1.57 bits per heavy atom. The van der Waals surface area contributed by atoms with Crippen LogP contribution in [0.4, 0.5) is 26.7 Å². The van der Waals surface area contributed by atoms with Gasteiger partial charge in [0.15, 0.2) is 17.4 Å². The second-order valence-corrected chi connectivity index (χ2v) is 17.9. The summed E-state index contributed by atoms with van der Waals surface area (Å²) in [7, 11) is 0. The van der Waals surface area contributed by atoms with Crippen molar-refractivity contribution in [3.05, 3.63) is 125 Å². The minimum atomic E-state index is -4.87. The standard InChI is InChI=1S/C46H49F5N2O5/c1-28(30-7-5-4-6-8-30)52-40(56)53(26-29-9-12-33(13-10-29)58-46(49,50)51)27-44(57)20-17-38-42(44,3)19-16-37-41(2)18-15-32(54)24-43(41)21-22-45(37,38)34(25-43)39(55)31-11-14-35(47)36(48)23-31/h4-14,21-23,25,28,32,37-38,54,57H,15-20,24,26-27H2,1-3H3,(H,52,56). The molecule has 6 aliphatic carbocycles. The summed E-state index contributed by atoms with van der Waals surface area (Å²) in [6.45, 7) is 5.98. The molecule has 0 radical (unpaired) electrons. The fourth-order valence-electron chi connectivity index (χ4n) is 12.0. The number of aliphatic hydroxyl groups is 2. The molecular formula is C46H49F5N2O5. The number of allylic oxidation sites excluding steroid dienone is 4. The predicted molar refractivity (Wildman–Crippen MR) is 206 cm³/mol. The van der Waals surface area contributed by atoms with E-state index in [0.29, 0.717) is 49.7 Å². The van der Waals surface area contributed by atoms with E-state index in [2.05, 4.69) is 29.1 Å². The smallest absolute Gasteiger partial charge is 0.406 e. The number of hydrogen-bond donors (Lipinski definition) is 3. The summed E-state index contributed by atoms with van der Waals surface area (Å²) in [6.07, 6.45) is 4.60. The van der Waals surface area contributed by atoms with Crippen LogP contribution in [0.2, 0.25) is 0 Å². The molecule has 0 aliphatic heterocycles. The van der Waals surface area contributed by atoms with Crippen LogP contribution < -0.4 is 10.1 Å². The minimum Gasteiger partial charge on any atom is -0.406 e. The van der Waals surface area contributed by atoms with Crippen LogP contribution in [0.3, 0.4) is 0 Å². The number of ketones is 1. The Morgan fingerprint density at radius 1 is 0.897 bits per heavy atom. The van der Waals surface area contributed by atoms with Crippen LogP contribution in [0.25, 0.3) is 0 Å². The lowest BCUT2D eigenvalue weighted by Gasteiger charge is -2.71. The number of nitrogens with zero attached hydrogens (tertiary/aromatic N) is 1. The number of ether oxygens (including phenoxy) is 1. The van der Waals surface area contributed by atoms with E-state index >= 15 is 0 Å². The number of rotatable bonds is 9. The molecule has 9 atom stereocenters. The second kappa shape index (κ2) is 14.0. The van der Waals surface area contributed by atoms with Gasteiger partial charge in [-0.05, 0) is 111 Å². The van der Waals surface area contributed by atoms with Crippen LogP contribution in [-0.2, 0) is 6.54 Å². The van der Waals surface area contributed by atoms with Crippen LogP contribution in [0, 0.1) is 45.1 Å². The lowest BCUT2D eigenvalue weighted by molar-refractivity contribution is -0.274. The van der Waals surface area contributed by atoms with Gasteiger partial charge in [-0.2, -0.15) is 0 Å². The Bertz CT molecular complexity index is 2160. The van der Waals surface area contributed by atoms with Crippen molar-refractivity contribution in [2.45, 2.75) is 96.4 Å². The average Bonchev–Trinajstić information content (AvgIpc) is 3.45. The second-order valence-electron chi connectivity index (χ2n) is 17.9. The van der Waals surface area contributed by atoms with E-state index in [4.69, 9.17) is 0 Å². The first kappa shape index (κ1) is 40.2. The molecule has 7 nitrogen and oxygen atoms in total. The molecule has 3 N–H and O–H groups in total. The Morgan fingerprint density at radius 3 is 2.26 bits per heavy atom. The molecular weight excluding hydrogens is 756 g/mol. The fourth-order valence-corrected chi connectivity index (χ4v) is 12.0. The van der Waals surface area contributed by atoms with E-state index in [-0.39, 0.29) is 35.9 Å². The molecule has 2 amide bonds. The van der Waals surface area contributed by atoms with Gasteiger partial charge in [-0.25, -0.2) is 13.6 Å². The van der Waals surface area contributed by atoms with Gasteiger partial charge in [-0.1, -0.05) is 74.5 Å². The van der Waals surface area contributed by atoms with Crippen LogP contribution in [0.15, 0.2) is 96.6 Å². The van der Waals surface area contributed by atoms with Crippen LogP contribution in [-0.4, -0.2) is 51.5 Å². The maximum atomic E-state index is 14.8. The number of urea groups is 1. The Labute approximate surface area is 335 Å². The highest BCUT2D eigenvalue weighted by molar-refractivity contribution is 6.10. The van der Waals surface area contributed by atoms with E-state index < -0.39 is 69.6 Å². The molecule has 0 aromatic heterocycles. The summed E-state index contributed by atoms with van der Waals surface area (Å²) >= 11 is 0. The highest BCUT2D eigenvalue weighted by atomic mass is 19.4. The summed E-state index contributed by atoms with van der Waals surface area (Å²) in [5, 5.41) is 27.1. The first-order valence-corrected chi connectivity index (χ1v) is 20.1. The highest BCUT2D eigenvalue weighted by Crippen LogP contribution is 2.78. The van der Waals surface area contributed by atoms with Gasteiger partial charge in [-0.15, -0.1) is 13.2 Å². The van der Waals surface area contributed by atoms with Crippen LogP contribution >= 0.6 is 0 Å². The number of carbonyl (C=O) groups is 2. The molecule has 3 aromatic rings. The summed E-state index contributed by atoms with van der Waals surface area (Å²) in [6, 6.07) is 17.0. The molecule has 58 heavy (non-hydrogen) atoms. The lowest BCUT2D eigenvalue weighted by Crippen LogP contribution is -2.67. The SMILES string of the molecule is CC(NC(=O)N(Cc1ccc(OC(F)(F)F)cc1)CC1(O)CCC2C34C=CC5(C=C3C(=O)c3ccc(F)c(F)c3)CC(O)CCC5(C)C4CCC21C)c1ccccc1. The molecule has 9 unspecified atom stereocenters. The minimum absolute atomic E-state index is 0.0243. The number of amides is 2. The Balaban J connectivity index is 1.16. The fraction of sp³-hybridized carbons (Fsp3) is 0.478. The molecule has 9 rings (SSSR count). The van der Waals surface area contributed by atoms with E-state index in [1.54, 1.807) is 0 Å². The number of nitrogens with one attached hydrogen (secondary N) is 1. The van der Waals surface area contributed by atoms with Gasteiger partial charge in [0.25, 0.3) is 0 Å². The predicted octanol–water partition coefficient (Wildman–Crippen LogP) is 9.61. The maximum Gasteiger partial charge on any atom is 0.573 e. The zero-order valence-corrected chi connectivity index (χ0v) is 32.8. The topological polar surface area (TPSA) is 99.1 Å². The summed E-state index contributed by atoms with van der Waals surface area (Å²) in [5.74, 6) is -3.35. The van der Waals surface area contributed by atoms with Crippen molar-refractivity contribution in [2.24, 2.45) is 33.5 Å². The van der Waals surface area contributed by atoms with Gasteiger partial charge < -0.3 is 25.2 Å². The third-order valence-corrected chi connectivity index (χ3v) is 15.0.